The van der Waals surface area contributed by atoms with Crippen LogP contribution in [-0.4, -0.2) is 16.6 Å². The molecular weight excluding hydrogens is 351 g/mol. The Morgan fingerprint density at radius 3 is 2.59 bits per heavy atom. The van der Waals surface area contributed by atoms with Gasteiger partial charge in [-0.1, -0.05) is 6.07 Å². The van der Waals surface area contributed by atoms with Crippen LogP contribution >= 0.6 is 15.9 Å². The number of rotatable bonds is 2. The summed E-state index contributed by atoms with van der Waals surface area (Å²) in [7, 11) is 0. The molecule has 0 amide bonds. The quantitative estimate of drug-likeness (QED) is 0.809. The Kier molecular flexibility index (Phi) is 4.51. The maximum atomic E-state index is 14.2. The van der Waals surface area contributed by atoms with Gasteiger partial charge in [0.25, 0.3) is 0 Å². The van der Waals surface area contributed by atoms with Gasteiger partial charge in [0.1, 0.15) is 17.2 Å². The lowest BCUT2D eigenvalue weighted by molar-refractivity contribution is 0.00648. The second-order valence-corrected chi connectivity index (χ2v) is 6.70. The Hall–Kier alpha value is -1.95. The summed E-state index contributed by atoms with van der Waals surface area (Å²) in [6.45, 7) is 5.18. The molecule has 0 aliphatic rings. The van der Waals surface area contributed by atoms with Crippen LogP contribution in [-0.2, 0) is 4.74 Å². The number of ether oxygens (including phenoxy) is 1. The van der Waals surface area contributed by atoms with E-state index in [4.69, 9.17) is 10.5 Å². The van der Waals surface area contributed by atoms with E-state index in [-0.39, 0.29) is 11.4 Å². The molecule has 1 heterocycles. The molecule has 0 saturated heterocycles. The molecule has 1 aromatic heterocycles. The summed E-state index contributed by atoms with van der Waals surface area (Å²) in [5, 5.41) is 0. The van der Waals surface area contributed by atoms with Crippen LogP contribution in [0.25, 0.3) is 11.1 Å². The highest BCUT2D eigenvalue weighted by Crippen LogP contribution is 2.29. The summed E-state index contributed by atoms with van der Waals surface area (Å²) in [6, 6.07) is 5.99. The first-order valence-electron chi connectivity index (χ1n) is 6.61. The van der Waals surface area contributed by atoms with Crippen LogP contribution in [0, 0.1) is 5.82 Å². The number of carbonyl (C=O) groups is 1. The number of aromatic nitrogens is 1. The van der Waals surface area contributed by atoms with Gasteiger partial charge >= 0.3 is 5.97 Å². The molecule has 2 N–H and O–H groups in total. The summed E-state index contributed by atoms with van der Waals surface area (Å²) >= 11 is 3.30. The SMILES string of the molecule is CC(C)(C)OC(=O)c1ccc(-c2cc(Br)cnc2N)cc1F. The molecule has 1 aromatic carbocycles. The fraction of sp³-hybridized carbons (Fsp3) is 0.250. The van der Waals surface area contributed by atoms with E-state index in [9.17, 15) is 9.18 Å². The third-order valence-electron chi connectivity index (χ3n) is 2.78. The summed E-state index contributed by atoms with van der Waals surface area (Å²) in [5.74, 6) is -1.07. The number of hydrogen-bond donors (Lipinski definition) is 1. The van der Waals surface area contributed by atoms with Crippen molar-refractivity contribution in [3.8, 4) is 11.1 Å². The van der Waals surface area contributed by atoms with Crippen molar-refractivity contribution in [2.24, 2.45) is 0 Å². The predicted octanol–water partition coefficient (Wildman–Crippen LogP) is 4.19. The van der Waals surface area contributed by atoms with Crippen LogP contribution < -0.4 is 5.73 Å². The topological polar surface area (TPSA) is 65.2 Å². The molecule has 0 radical (unpaired) electrons. The first-order chi connectivity index (χ1) is 10.2. The second kappa shape index (κ2) is 6.04. The van der Waals surface area contributed by atoms with Crippen molar-refractivity contribution >= 4 is 27.7 Å². The number of esters is 1. The van der Waals surface area contributed by atoms with E-state index in [0.717, 1.165) is 4.47 Å². The van der Waals surface area contributed by atoms with Gasteiger partial charge in [0, 0.05) is 16.2 Å². The summed E-state index contributed by atoms with van der Waals surface area (Å²) < 4.78 is 20.1. The molecule has 0 unspecified atom stereocenters. The van der Waals surface area contributed by atoms with E-state index in [1.807, 2.05) is 0 Å². The number of nitrogens with zero attached hydrogens (tertiary/aromatic N) is 1. The first kappa shape index (κ1) is 16.4. The lowest BCUT2D eigenvalue weighted by Gasteiger charge is -2.19. The molecule has 0 atom stereocenters. The van der Waals surface area contributed by atoms with Gasteiger partial charge in [0.05, 0.1) is 5.56 Å². The average Bonchev–Trinajstić information content (AvgIpc) is 2.39. The van der Waals surface area contributed by atoms with Crippen molar-refractivity contribution in [1.29, 1.82) is 0 Å². The molecule has 0 spiro atoms. The fourth-order valence-corrected chi connectivity index (χ4v) is 2.19. The molecule has 22 heavy (non-hydrogen) atoms. The Labute approximate surface area is 136 Å². The number of benzene rings is 1. The molecule has 4 nitrogen and oxygen atoms in total. The van der Waals surface area contributed by atoms with Gasteiger partial charge in [-0.05, 0) is 60.5 Å². The number of hydrogen-bond acceptors (Lipinski definition) is 4. The van der Waals surface area contributed by atoms with Gasteiger partial charge in [0.15, 0.2) is 0 Å². The number of carbonyl (C=O) groups excluding carboxylic acids is 1. The molecule has 6 heteroatoms. The van der Waals surface area contributed by atoms with Crippen LogP contribution in [0.5, 0.6) is 0 Å². The molecule has 2 aromatic rings. The Morgan fingerprint density at radius 1 is 1.32 bits per heavy atom. The van der Waals surface area contributed by atoms with Gasteiger partial charge < -0.3 is 10.5 Å². The van der Waals surface area contributed by atoms with Crippen LogP contribution in [0.4, 0.5) is 10.2 Å². The third-order valence-corrected chi connectivity index (χ3v) is 3.22. The van der Waals surface area contributed by atoms with Gasteiger partial charge in [-0.3, -0.25) is 0 Å². The zero-order valence-corrected chi connectivity index (χ0v) is 14.1. The molecule has 2 rings (SSSR count). The molecule has 0 saturated carbocycles. The second-order valence-electron chi connectivity index (χ2n) is 5.78. The number of nitrogen functional groups attached to an aromatic ring is 1. The van der Waals surface area contributed by atoms with Crippen molar-refractivity contribution in [3.63, 3.8) is 0 Å². The van der Waals surface area contributed by atoms with E-state index in [1.54, 1.807) is 39.1 Å². The minimum Gasteiger partial charge on any atom is -0.456 e. The smallest absolute Gasteiger partial charge is 0.341 e. The molecule has 116 valence electrons. The fourth-order valence-electron chi connectivity index (χ4n) is 1.86. The van der Waals surface area contributed by atoms with Crippen LogP contribution in [0.1, 0.15) is 31.1 Å². The van der Waals surface area contributed by atoms with Gasteiger partial charge in [0.2, 0.25) is 0 Å². The number of halogens is 2. The molecule has 0 aliphatic carbocycles. The minimum absolute atomic E-state index is 0.111. The zero-order valence-electron chi connectivity index (χ0n) is 12.5. The highest BCUT2D eigenvalue weighted by molar-refractivity contribution is 9.10. The standard InChI is InChI=1S/C16H16BrFN2O2/c1-16(2,3)22-15(21)11-5-4-9(6-13(11)18)12-7-10(17)8-20-14(12)19/h4-8H,1-3H3,(H2,19,20). The van der Waals surface area contributed by atoms with Crippen LogP contribution in [0.3, 0.4) is 0 Å². The van der Waals surface area contributed by atoms with Crippen molar-refractivity contribution in [3.05, 3.63) is 46.3 Å². The van der Waals surface area contributed by atoms with Gasteiger partial charge in [-0.2, -0.15) is 0 Å². The Bertz CT molecular complexity index is 727. The van der Waals surface area contributed by atoms with Gasteiger partial charge in [-0.15, -0.1) is 0 Å². The van der Waals surface area contributed by atoms with Crippen molar-refractivity contribution in [1.82, 2.24) is 4.98 Å². The highest BCUT2D eigenvalue weighted by atomic mass is 79.9. The van der Waals surface area contributed by atoms with Crippen molar-refractivity contribution in [2.45, 2.75) is 26.4 Å². The summed E-state index contributed by atoms with van der Waals surface area (Å²) in [4.78, 5) is 16.0. The molecule has 0 bridgehead atoms. The van der Waals surface area contributed by atoms with Crippen LogP contribution in [0.2, 0.25) is 0 Å². The van der Waals surface area contributed by atoms with Crippen LogP contribution in [0.15, 0.2) is 34.9 Å². The van der Waals surface area contributed by atoms with E-state index < -0.39 is 17.4 Å². The zero-order chi connectivity index (χ0) is 16.5. The first-order valence-corrected chi connectivity index (χ1v) is 7.41. The normalized spacial score (nSPS) is 11.3. The number of nitrogens with two attached hydrogens (primary N) is 1. The minimum atomic E-state index is -0.697. The Morgan fingerprint density at radius 2 is 2.00 bits per heavy atom. The Balaban J connectivity index is 2.38. The van der Waals surface area contributed by atoms with E-state index >= 15 is 0 Å². The van der Waals surface area contributed by atoms with E-state index in [1.165, 1.54) is 12.1 Å². The average molecular weight is 367 g/mol. The summed E-state index contributed by atoms with van der Waals surface area (Å²) in [6.07, 6.45) is 1.56. The monoisotopic (exact) mass is 366 g/mol. The van der Waals surface area contributed by atoms with E-state index in [2.05, 4.69) is 20.9 Å². The third kappa shape index (κ3) is 3.82. The molecular formula is C16H16BrFN2O2. The maximum Gasteiger partial charge on any atom is 0.341 e. The number of pyridine rings is 1. The molecule has 0 fully saturated rings. The van der Waals surface area contributed by atoms with E-state index in [0.29, 0.717) is 11.1 Å². The largest absolute Gasteiger partial charge is 0.456 e. The van der Waals surface area contributed by atoms with Gasteiger partial charge in [-0.25, -0.2) is 14.2 Å². The lowest BCUT2D eigenvalue weighted by Crippen LogP contribution is -2.24. The summed E-state index contributed by atoms with van der Waals surface area (Å²) in [5.41, 5.74) is 6.14. The molecule has 0 aliphatic heterocycles. The highest BCUT2D eigenvalue weighted by Gasteiger charge is 2.21. The van der Waals surface area contributed by atoms with Crippen molar-refractivity contribution in [2.75, 3.05) is 5.73 Å². The van der Waals surface area contributed by atoms with Crippen molar-refractivity contribution < 1.29 is 13.9 Å². The predicted molar refractivity (Wildman–Crippen MR) is 86.9 cm³/mol. The lowest BCUT2D eigenvalue weighted by atomic mass is 10.0. The maximum absolute atomic E-state index is 14.2. The number of anilines is 1.